The summed E-state index contributed by atoms with van der Waals surface area (Å²) in [4.78, 5) is 15.2. The summed E-state index contributed by atoms with van der Waals surface area (Å²) in [6.07, 6.45) is 0.970. The van der Waals surface area contributed by atoms with Crippen LogP contribution in [0.4, 0.5) is 13.2 Å². The number of pyridine rings is 1. The Labute approximate surface area is 139 Å². The highest BCUT2D eigenvalue weighted by Crippen LogP contribution is 2.30. The minimum Gasteiger partial charge on any atom is -0.478 e. The fourth-order valence-electron chi connectivity index (χ4n) is 2.26. The number of rotatable bonds is 5. The minimum absolute atomic E-state index is 0.0224. The second-order valence-electron chi connectivity index (χ2n) is 5.25. The van der Waals surface area contributed by atoms with E-state index in [9.17, 15) is 18.0 Å². The van der Waals surface area contributed by atoms with Gasteiger partial charge in [0, 0.05) is 24.8 Å². The smallest absolute Gasteiger partial charge is 0.436 e. The van der Waals surface area contributed by atoms with E-state index in [1.807, 2.05) is 0 Å². The first-order valence-electron chi connectivity index (χ1n) is 7.12. The van der Waals surface area contributed by atoms with Crippen molar-refractivity contribution in [1.29, 1.82) is 0 Å². The van der Waals surface area contributed by atoms with Crippen molar-refractivity contribution in [3.05, 3.63) is 65.5 Å². The van der Waals surface area contributed by atoms with Gasteiger partial charge in [0.15, 0.2) is 5.69 Å². The standard InChI is InChI=1S/C15H12F3N5O2/c16-15(17,18)13-12(14(24)25)9-23(21-13)7-10-2-3-11(19-6-10)8-22-5-1-4-20-22/h1-6,9H,7-8H2,(H,24,25). The molecule has 0 amide bonds. The number of hydrogen-bond acceptors (Lipinski definition) is 4. The van der Waals surface area contributed by atoms with Gasteiger partial charge in [-0.1, -0.05) is 6.07 Å². The van der Waals surface area contributed by atoms with Gasteiger partial charge in [0.25, 0.3) is 0 Å². The lowest BCUT2D eigenvalue weighted by atomic mass is 10.2. The summed E-state index contributed by atoms with van der Waals surface area (Å²) < 4.78 is 41.1. The van der Waals surface area contributed by atoms with Crippen molar-refractivity contribution in [3.8, 4) is 0 Å². The third-order valence-electron chi connectivity index (χ3n) is 3.37. The van der Waals surface area contributed by atoms with E-state index in [2.05, 4.69) is 15.2 Å². The molecule has 0 bridgehead atoms. The van der Waals surface area contributed by atoms with Crippen molar-refractivity contribution in [2.75, 3.05) is 0 Å². The number of carboxylic acid groups (broad SMARTS) is 1. The van der Waals surface area contributed by atoms with Crippen LogP contribution in [-0.2, 0) is 19.3 Å². The van der Waals surface area contributed by atoms with Crippen LogP contribution in [0.15, 0.2) is 43.0 Å². The SMILES string of the molecule is O=C(O)c1cn(Cc2ccc(Cn3cccn3)nc2)nc1C(F)(F)F. The van der Waals surface area contributed by atoms with Crippen LogP contribution in [0.1, 0.15) is 27.3 Å². The Morgan fingerprint density at radius 1 is 1.20 bits per heavy atom. The Kier molecular flexibility index (Phi) is 4.26. The van der Waals surface area contributed by atoms with Crippen molar-refractivity contribution in [1.82, 2.24) is 24.5 Å². The van der Waals surface area contributed by atoms with E-state index in [0.29, 0.717) is 12.1 Å². The van der Waals surface area contributed by atoms with Gasteiger partial charge < -0.3 is 5.11 Å². The topological polar surface area (TPSA) is 85.8 Å². The number of hydrogen-bond donors (Lipinski definition) is 1. The molecule has 3 aromatic heterocycles. The molecule has 3 rings (SSSR count). The van der Waals surface area contributed by atoms with Crippen molar-refractivity contribution < 1.29 is 23.1 Å². The molecule has 10 heteroatoms. The summed E-state index contributed by atoms with van der Waals surface area (Å²) in [5.41, 5.74) is -0.966. The van der Waals surface area contributed by atoms with Crippen molar-refractivity contribution >= 4 is 5.97 Å². The normalized spacial score (nSPS) is 11.6. The Bertz CT molecular complexity index is 870. The highest BCUT2D eigenvalue weighted by atomic mass is 19.4. The third-order valence-corrected chi connectivity index (χ3v) is 3.37. The molecular formula is C15H12F3N5O2. The number of aromatic nitrogens is 5. The maximum atomic E-state index is 12.8. The molecule has 3 aromatic rings. The number of halogens is 3. The van der Waals surface area contributed by atoms with Gasteiger partial charge in [0.2, 0.25) is 0 Å². The largest absolute Gasteiger partial charge is 0.478 e. The van der Waals surface area contributed by atoms with Crippen LogP contribution in [0.3, 0.4) is 0 Å². The van der Waals surface area contributed by atoms with E-state index in [0.717, 1.165) is 16.6 Å². The van der Waals surface area contributed by atoms with Gasteiger partial charge >= 0.3 is 12.1 Å². The average Bonchev–Trinajstić information content (AvgIpc) is 3.18. The summed E-state index contributed by atoms with van der Waals surface area (Å²) in [6.45, 7) is 0.446. The summed E-state index contributed by atoms with van der Waals surface area (Å²) in [5, 5.41) is 16.3. The predicted octanol–water partition coefficient (Wildman–Crippen LogP) is 2.29. The van der Waals surface area contributed by atoms with Gasteiger partial charge in [0.05, 0.1) is 18.8 Å². The van der Waals surface area contributed by atoms with E-state index >= 15 is 0 Å². The monoisotopic (exact) mass is 351 g/mol. The summed E-state index contributed by atoms with van der Waals surface area (Å²) >= 11 is 0. The molecular weight excluding hydrogens is 339 g/mol. The molecule has 0 aliphatic rings. The minimum atomic E-state index is -4.83. The molecule has 25 heavy (non-hydrogen) atoms. The number of nitrogens with zero attached hydrogens (tertiary/aromatic N) is 5. The second kappa shape index (κ2) is 6.38. The molecule has 7 nitrogen and oxygen atoms in total. The number of alkyl halides is 3. The number of carbonyl (C=O) groups is 1. The Morgan fingerprint density at radius 2 is 2.00 bits per heavy atom. The highest BCUT2D eigenvalue weighted by Gasteiger charge is 2.39. The van der Waals surface area contributed by atoms with E-state index in [1.165, 1.54) is 6.20 Å². The van der Waals surface area contributed by atoms with Crippen molar-refractivity contribution in [2.45, 2.75) is 19.3 Å². The van der Waals surface area contributed by atoms with Gasteiger partial charge in [-0.05, 0) is 17.7 Å². The molecule has 0 saturated carbocycles. The van der Waals surface area contributed by atoms with Crippen LogP contribution in [0.5, 0.6) is 0 Å². The highest BCUT2D eigenvalue weighted by molar-refractivity contribution is 5.88. The van der Waals surface area contributed by atoms with Crippen LogP contribution in [0.2, 0.25) is 0 Å². The maximum Gasteiger partial charge on any atom is 0.436 e. The van der Waals surface area contributed by atoms with Crippen LogP contribution >= 0.6 is 0 Å². The molecule has 3 heterocycles. The Balaban J connectivity index is 1.77. The average molecular weight is 351 g/mol. The molecule has 0 aliphatic heterocycles. The van der Waals surface area contributed by atoms with Gasteiger partial charge in [0.1, 0.15) is 5.56 Å². The zero-order valence-electron chi connectivity index (χ0n) is 12.7. The van der Waals surface area contributed by atoms with Gasteiger partial charge in [-0.2, -0.15) is 23.4 Å². The fraction of sp³-hybridized carbons (Fsp3) is 0.200. The zero-order valence-corrected chi connectivity index (χ0v) is 12.7. The summed E-state index contributed by atoms with van der Waals surface area (Å²) in [6, 6.07) is 5.20. The first kappa shape index (κ1) is 16.7. The van der Waals surface area contributed by atoms with Crippen LogP contribution in [0, 0.1) is 0 Å². The van der Waals surface area contributed by atoms with Crippen LogP contribution in [-0.4, -0.2) is 35.6 Å². The Morgan fingerprint density at radius 3 is 2.52 bits per heavy atom. The van der Waals surface area contributed by atoms with Crippen molar-refractivity contribution in [2.24, 2.45) is 0 Å². The molecule has 0 radical (unpaired) electrons. The van der Waals surface area contributed by atoms with Crippen LogP contribution < -0.4 is 0 Å². The molecule has 0 atom stereocenters. The Hall–Kier alpha value is -3.17. The lowest BCUT2D eigenvalue weighted by Crippen LogP contribution is -2.12. The predicted molar refractivity (Wildman–Crippen MR) is 78.9 cm³/mol. The van der Waals surface area contributed by atoms with Gasteiger partial charge in [-0.25, -0.2) is 4.79 Å². The van der Waals surface area contributed by atoms with Crippen molar-refractivity contribution in [3.63, 3.8) is 0 Å². The van der Waals surface area contributed by atoms with E-state index in [-0.39, 0.29) is 6.54 Å². The number of carboxylic acids is 1. The lowest BCUT2D eigenvalue weighted by molar-refractivity contribution is -0.142. The maximum absolute atomic E-state index is 12.8. The molecule has 1 N–H and O–H groups in total. The molecule has 0 fully saturated rings. The summed E-state index contributed by atoms with van der Waals surface area (Å²) in [7, 11) is 0. The molecule has 130 valence electrons. The first-order chi connectivity index (χ1) is 11.8. The molecule has 0 unspecified atom stereocenters. The first-order valence-corrected chi connectivity index (χ1v) is 7.12. The van der Waals surface area contributed by atoms with E-state index in [1.54, 1.807) is 35.3 Å². The molecule has 0 aromatic carbocycles. The lowest BCUT2D eigenvalue weighted by Gasteiger charge is -2.05. The molecule has 0 saturated heterocycles. The van der Waals surface area contributed by atoms with E-state index in [4.69, 9.17) is 5.11 Å². The van der Waals surface area contributed by atoms with E-state index < -0.39 is 23.4 Å². The quantitative estimate of drug-likeness (QED) is 0.762. The third kappa shape index (κ3) is 3.84. The molecule has 0 spiro atoms. The summed E-state index contributed by atoms with van der Waals surface area (Å²) in [5.74, 6) is -1.67. The van der Waals surface area contributed by atoms with Gasteiger partial charge in [-0.3, -0.25) is 14.3 Å². The second-order valence-corrected chi connectivity index (χ2v) is 5.25. The zero-order chi connectivity index (χ0) is 18.0. The number of aromatic carboxylic acids is 1. The van der Waals surface area contributed by atoms with Crippen LogP contribution in [0.25, 0.3) is 0 Å². The molecule has 0 aliphatic carbocycles. The van der Waals surface area contributed by atoms with Gasteiger partial charge in [-0.15, -0.1) is 0 Å². The fourth-order valence-corrected chi connectivity index (χ4v) is 2.26.